The highest BCUT2D eigenvalue weighted by molar-refractivity contribution is 4.83. The van der Waals surface area contributed by atoms with Crippen molar-refractivity contribution in [1.82, 2.24) is 10.2 Å². The fourth-order valence-electron chi connectivity index (χ4n) is 2.17. The molecule has 1 heterocycles. The van der Waals surface area contributed by atoms with Gasteiger partial charge in [-0.3, -0.25) is 0 Å². The topological polar surface area (TPSA) is 35.5 Å². The fraction of sp³-hybridized carbons (Fsp3) is 1.00. The van der Waals surface area contributed by atoms with Crippen molar-refractivity contribution in [3.63, 3.8) is 0 Å². The SMILES string of the molecule is CC(O)C1CCN(CCNC2CC2)C1. The number of hydrogen-bond donors (Lipinski definition) is 2. The molecule has 2 unspecified atom stereocenters. The van der Waals surface area contributed by atoms with Crippen molar-refractivity contribution in [2.24, 2.45) is 5.92 Å². The Morgan fingerprint density at radius 2 is 2.21 bits per heavy atom. The minimum absolute atomic E-state index is 0.128. The first-order valence-corrected chi connectivity index (χ1v) is 5.89. The maximum absolute atomic E-state index is 9.45. The molecule has 0 aromatic heterocycles. The third kappa shape index (κ3) is 2.94. The molecule has 14 heavy (non-hydrogen) atoms. The van der Waals surface area contributed by atoms with Gasteiger partial charge in [-0.05, 0) is 38.6 Å². The van der Waals surface area contributed by atoms with E-state index in [2.05, 4.69) is 10.2 Å². The van der Waals surface area contributed by atoms with Crippen molar-refractivity contribution in [3.05, 3.63) is 0 Å². The standard InChI is InChI=1S/C11H22N2O/c1-9(14)10-4-6-13(8-10)7-5-12-11-2-3-11/h9-12,14H,2-8H2,1H3. The van der Waals surface area contributed by atoms with Crippen LogP contribution in [-0.4, -0.2) is 48.3 Å². The summed E-state index contributed by atoms with van der Waals surface area (Å²) in [6, 6.07) is 0.824. The molecule has 1 saturated heterocycles. The zero-order valence-electron chi connectivity index (χ0n) is 9.08. The Morgan fingerprint density at radius 1 is 1.43 bits per heavy atom. The molecular weight excluding hydrogens is 176 g/mol. The van der Waals surface area contributed by atoms with E-state index >= 15 is 0 Å². The van der Waals surface area contributed by atoms with Crippen LogP contribution in [0.3, 0.4) is 0 Å². The first-order valence-electron chi connectivity index (χ1n) is 5.89. The molecule has 0 aromatic rings. The van der Waals surface area contributed by atoms with Crippen LogP contribution in [0.25, 0.3) is 0 Å². The van der Waals surface area contributed by atoms with E-state index in [0.29, 0.717) is 5.92 Å². The van der Waals surface area contributed by atoms with Crippen molar-refractivity contribution in [1.29, 1.82) is 0 Å². The highest BCUT2D eigenvalue weighted by Crippen LogP contribution is 2.20. The Morgan fingerprint density at radius 3 is 2.79 bits per heavy atom. The van der Waals surface area contributed by atoms with E-state index in [1.54, 1.807) is 0 Å². The van der Waals surface area contributed by atoms with E-state index in [9.17, 15) is 5.11 Å². The Balaban J connectivity index is 1.58. The van der Waals surface area contributed by atoms with Crippen molar-refractivity contribution in [2.45, 2.75) is 38.3 Å². The largest absolute Gasteiger partial charge is 0.393 e. The number of hydrogen-bond acceptors (Lipinski definition) is 3. The maximum Gasteiger partial charge on any atom is 0.0552 e. The van der Waals surface area contributed by atoms with Gasteiger partial charge < -0.3 is 15.3 Å². The average Bonchev–Trinajstić information content (AvgIpc) is 2.82. The monoisotopic (exact) mass is 198 g/mol. The lowest BCUT2D eigenvalue weighted by molar-refractivity contribution is 0.128. The van der Waals surface area contributed by atoms with Crippen LogP contribution in [-0.2, 0) is 0 Å². The highest BCUT2D eigenvalue weighted by atomic mass is 16.3. The van der Waals surface area contributed by atoms with Gasteiger partial charge in [0.1, 0.15) is 0 Å². The summed E-state index contributed by atoms with van der Waals surface area (Å²) >= 11 is 0. The molecule has 82 valence electrons. The normalized spacial score (nSPS) is 30.9. The van der Waals surface area contributed by atoms with Crippen molar-refractivity contribution in [3.8, 4) is 0 Å². The summed E-state index contributed by atoms with van der Waals surface area (Å²) in [5, 5.41) is 13.0. The van der Waals surface area contributed by atoms with Gasteiger partial charge in [0.15, 0.2) is 0 Å². The number of aliphatic hydroxyl groups is 1. The summed E-state index contributed by atoms with van der Waals surface area (Å²) in [6.45, 7) is 6.44. The molecule has 2 aliphatic rings. The fourth-order valence-corrected chi connectivity index (χ4v) is 2.17. The smallest absolute Gasteiger partial charge is 0.0552 e. The predicted octanol–water partition coefficient (Wildman–Crippen LogP) is 0.441. The van der Waals surface area contributed by atoms with Gasteiger partial charge >= 0.3 is 0 Å². The van der Waals surface area contributed by atoms with Gasteiger partial charge in [0.2, 0.25) is 0 Å². The average molecular weight is 198 g/mol. The molecule has 0 spiro atoms. The summed E-state index contributed by atoms with van der Waals surface area (Å²) in [6.07, 6.45) is 3.78. The minimum Gasteiger partial charge on any atom is -0.393 e. The summed E-state index contributed by atoms with van der Waals surface area (Å²) in [5.41, 5.74) is 0. The zero-order chi connectivity index (χ0) is 9.97. The molecule has 3 nitrogen and oxygen atoms in total. The third-order valence-corrected chi connectivity index (χ3v) is 3.43. The quantitative estimate of drug-likeness (QED) is 0.673. The molecule has 1 saturated carbocycles. The van der Waals surface area contributed by atoms with Crippen molar-refractivity contribution >= 4 is 0 Å². The lowest BCUT2D eigenvalue weighted by Crippen LogP contribution is -2.32. The second-order valence-electron chi connectivity index (χ2n) is 4.82. The predicted molar refractivity (Wildman–Crippen MR) is 57.3 cm³/mol. The van der Waals surface area contributed by atoms with Gasteiger partial charge in [0, 0.05) is 25.7 Å². The molecule has 2 fully saturated rings. The van der Waals surface area contributed by atoms with Gasteiger partial charge in [-0.15, -0.1) is 0 Å². The Labute approximate surface area is 86.5 Å². The van der Waals surface area contributed by atoms with Crippen molar-refractivity contribution in [2.75, 3.05) is 26.2 Å². The van der Waals surface area contributed by atoms with Crippen LogP contribution in [0.2, 0.25) is 0 Å². The Kier molecular flexibility index (Phi) is 3.42. The van der Waals surface area contributed by atoms with Gasteiger partial charge in [0.25, 0.3) is 0 Å². The lowest BCUT2D eigenvalue weighted by atomic mass is 10.0. The van der Waals surface area contributed by atoms with Crippen LogP contribution in [0.1, 0.15) is 26.2 Å². The molecule has 3 heteroatoms. The first kappa shape index (κ1) is 10.4. The van der Waals surface area contributed by atoms with Gasteiger partial charge in [-0.2, -0.15) is 0 Å². The van der Waals surface area contributed by atoms with Crippen LogP contribution in [0.15, 0.2) is 0 Å². The molecule has 1 aliphatic carbocycles. The molecule has 0 amide bonds. The van der Waals surface area contributed by atoms with E-state index in [0.717, 1.165) is 25.7 Å². The third-order valence-electron chi connectivity index (χ3n) is 3.43. The van der Waals surface area contributed by atoms with Gasteiger partial charge in [-0.1, -0.05) is 0 Å². The van der Waals surface area contributed by atoms with E-state index in [1.165, 1.54) is 25.8 Å². The summed E-state index contributed by atoms with van der Waals surface area (Å²) in [5.74, 6) is 0.510. The van der Waals surface area contributed by atoms with Crippen LogP contribution >= 0.6 is 0 Å². The van der Waals surface area contributed by atoms with Crippen LogP contribution in [0, 0.1) is 5.92 Å². The second kappa shape index (κ2) is 4.60. The second-order valence-corrected chi connectivity index (χ2v) is 4.82. The molecule has 2 rings (SSSR count). The molecule has 0 bridgehead atoms. The van der Waals surface area contributed by atoms with Crippen molar-refractivity contribution < 1.29 is 5.11 Å². The van der Waals surface area contributed by atoms with Crippen LogP contribution in [0.4, 0.5) is 0 Å². The van der Waals surface area contributed by atoms with E-state index in [1.807, 2.05) is 6.92 Å². The van der Waals surface area contributed by atoms with Gasteiger partial charge in [0.05, 0.1) is 6.10 Å². The maximum atomic E-state index is 9.45. The van der Waals surface area contributed by atoms with Gasteiger partial charge in [-0.25, -0.2) is 0 Å². The number of aliphatic hydroxyl groups excluding tert-OH is 1. The Hall–Kier alpha value is -0.120. The number of nitrogens with zero attached hydrogens (tertiary/aromatic N) is 1. The minimum atomic E-state index is -0.128. The van der Waals surface area contributed by atoms with E-state index in [-0.39, 0.29) is 6.10 Å². The highest BCUT2D eigenvalue weighted by Gasteiger charge is 2.26. The number of nitrogens with one attached hydrogen (secondary N) is 1. The van der Waals surface area contributed by atoms with E-state index in [4.69, 9.17) is 0 Å². The summed E-state index contributed by atoms with van der Waals surface area (Å²) < 4.78 is 0. The van der Waals surface area contributed by atoms with Crippen LogP contribution in [0.5, 0.6) is 0 Å². The molecule has 2 N–H and O–H groups in total. The lowest BCUT2D eigenvalue weighted by Gasteiger charge is -2.17. The molecule has 0 aromatic carbocycles. The molecule has 1 aliphatic heterocycles. The van der Waals surface area contributed by atoms with E-state index < -0.39 is 0 Å². The first-order chi connectivity index (χ1) is 6.75. The zero-order valence-corrected chi connectivity index (χ0v) is 9.08. The summed E-state index contributed by atoms with van der Waals surface area (Å²) in [4.78, 5) is 2.47. The summed E-state index contributed by atoms with van der Waals surface area (Å²) in [7, 11) is 0. The number of likely N-dealkylation sites (tertiary alicyclic amines) is 1. The molecular formula is C11H22N2O. The van der Waals surface area contributed by atoms with Crippen LogP contribution < -0.4 is 5.32 Å². The molecule has 0 radical (unpaired) electrons. The number of rotatable bonds is 5. The Bertz CT molecular complexity index is 180. The molecule has 2 atom stereocenters.